The van der Waals surface area contributed by atoms with Crippen molar-refractivity contribution in [2.75, 3.05) is 29.9 Å². The fraction of sp³-hybridized carbons (Fsp3) is 0.414. The van der Waals surface area contributed by atoms with E-state index >= 15 is 0 Å². The van der Waals surface area contributed by atoms with Gasteiger partial charge in [-0.25, -0.2) is 0 Å². The molecule has 0 radical (unpaired) electrons. The van der Waals surface area contributed by atoms with Crippen LogP contribution in [0.25, 0.3) is 11.1 Å². The number of carbonyl (C=O) groups excluding carboxylic acids is 1. The van der Waals surface area contributed by atoms with Crippen LogP contribution in [0.5, 0.6) is 0 Å². The van der Waals surface area contributed by atoms with E-state index < -0.39 is 0 Å². The predicted octanol–water partition coefficient (Wildman–Crippen LogP) is 6.43. The Morgan fingerprint density at radius 1 is 1.03 bits per heavy atom. The smallest absolute Gasteiger partial charge is 0.229 e. The van der Waals surface area contributed by atoms with Crippen LogP contribution in [0, 0.1) is 25.7 Å². The first kappa shape index (κ1) is 26.3. The van der Waals surface area contributed by atoms with Gasteiger partial charge in [0.15, 0.2) is 0 Å². The average Bonchev–Trinajstić information content (AvgIpc) is 3.49. The Bertz CT molecular complexity index is 1290. The zero-order valence-corrected chi connectivity index (χ0v) is 22.6. The Kier molecular flexibility index (Phi) is 8.16. The largest absolute Gasteiger partial charge is 0.369 e. The lowest BCUT2D eigenvalue weighted by molar-refractivity contribution is -0.115. The van der Waals surface area contributed by atoms with Crippen LogP contribution in [0.3, 0.4) is 0 Å². The maximum atomic E-state index is 13.3. The molecule has 0 bridgehead atoms. The quantitative estimate of drug-likeness (QED) is 0.347. The number of aromatic nitrogens is 1. The summed E-state index contributed by atoms with van der Waals surface area (Å²) < 4.78 is 5.27. The number of amides is 1. The van der Waals surface area contributed by atoms with Gasteiger partial charge in [0, 0.05) is 24.2 Å². The van der Waals surface area contributed by atoms with Crippen LogP contribution in [0.2, 0.25) is 0 Å². The summed E-state index contributed by atoms with van der Waals surface area (Å²) in [6.07, 6.45) is 0.204. The molecule has 0 fully saturated rings. The van der Waals surface area contributed by atoms with Crippen molar-refractivity contribution < 1.29 is 9.32 Å². The molecule has 194 valence electrons. The van der Waals surface area contributed by atoms with E-state index in [1.165, 1.54) is 0 Å². The molecule has 1 N–H and O–H groups in total. The van der Waals surface area contributed by atoms with Gasteiger partial charge in [-0.1, -0.05) is 63.2 Å². The molecule has 0 atom stereocenters. The standard InChI is InChI=1S/C29H36N6O2/c1-18(2)16-35(17-19(3)4)28-12-11-22(23-9-7-8-10-24(23)27-15-30-34-32-27)13-26(28)31-29(36)14-25-20(5)33-37-21(25)6/h7-13,18-19H,14-17H2,1-6H3,(H,31,36). The van der Waals surface area contributed by atoms with Crippen molar-refractivity contribution in [3.8, 4) is 11.1 Å². The van der Waals surface area contributed by atoms with Gasteiger partial charge in [0.25, 0.3) is 0 Å². The topological polar surface area (TPSA) is 95.5 Å². The molecule has 1 aliphatic heterocycles. The van der Waals surface area contributed by atoms with E-state index in [0.717, 1.165) is 58.1 Å². The van der Waals surface area contributed by atoms with E-state index in [2.05, 4.69) is 82.8 Å². The number of anilines is 2. The van der Waals surface area contributed by atoms with Crippen LogP contribution in [-0.2, 0) is 11.2 Å². The summed E-state index contributed by atoms with van der Waals surface area (Å²) in [5, 5.41) is 19.3. The minimum Gasteiger partial charge on any atom is -0.369 e. The van der Waals surface area contributed by atoms with Crippen molar-refractivity contribution in [3.63, 3.8) is 0 Å². The van der Waals surface area contributed by atoms with Crippen molar-refractivity contribution in [2.45, 2.75) is 48.0 Å². The van der Waals surface area contributed by atoms with Gasteiger partial charge in [-0.3, -0.25) is 4.79 Å². The second-order valence-corrected chi connectivity index (χ2v) is 10.4. The summed E-state index contributed by atoms with van der Waals surface area (Å²) in [5.74, 6) is 1.51. The molecule has 8 nitrogen and oxygen atoms in total. The fourth-order valence-corrected chi connectivity index (χ4v) is 4.68. The number of nitrogens with one attached hydrogen (secondary N) is 1. The van der Waals surface area contributed by atoms with Crippen LogP contribution in [0.4, 0.5) is 11.4 Å². The maximum Gasteiger partial charge on any atom is 0.229 e. The third-order valence-corrected chi connectivity index (χ3v) is 6.30. The molecule has 2 aromatic carbocycles. The number of hydrogen-bond donors (Lipinski definition) is 1. The summed E-state index contributed by atoms with van der Waals surface area (Å²) >= 11 is 0. The number of aryl methyl sites for hydroxylation is 2. The Morgan fingerprint density at radius 3 is 2.32 bits per heavy atom. The molecule has 0 spiro atoms. The third kappa shape index (κ3) is 6.31. The van der Waals surface area contributed by atoms with Crippen molar-refractivity contribution in [3.05, 3.63) is 65.0 Å². The molecule has 37 heavy (non-hydrogen) atoms. The summed E-state index contributed by atoms with van der Waals surface area (Å²) in [5.41, 5.74) is 7.22. The number of nitrogens with zero attached hydrogens (tertiary/aromatic N) is 5. The minimum absolute atomic E-state index is 0.104. The lowest BCUT2D eigenvalue weighted by atomic mass is 9.95. The molecule has 1 aromatic heterocycles. The first-order valence-corrected chi connectivity index (χ1v) is 12.9. The van der Waals surface area contributed by atoms with Gasteiger partial charge < -0.3 is 14.7 Å². The third-order valence-electron chi connectivity index (χ3n) is 6.30. The van der Waals surface area contributed by atoms with Gasteiger partial charge in [0.05, 0.1) is 29.2 Å². The fourth-order valence-electron chi connectivity index (χ4n) is 4.68. The zero-order chi connectivity index (χ0) is 26.5. The first-order valence-electron chi connectivity index (χ1n) is 12.9. The molecule has 1 amide bonds. The van der Waals surface area contributed by atoms with E-state index in [4.69, 9.17) is 4.52 Å². The van der Waals surface area contributed by atoms with Crippen LogP contribution in [0.15, 0.2) is 62.4 Å². The van der Waals surface area contributed by atoms with E-state index in [1.54, 1.807) is 0 Å². The van der Waals surface area contributed by atoms with E-state index in [0.29, 0.717) is 24.1 Å². The predicted molar refractivity (Wildman–Crippen MR) is 148 cm³/mol. The molecule has 8 heteroatoms. The van der Waals surface area contributed by atoms with E-state index in [1.807, 2.05) is 32.0 Å². The summed E-state index contributed by atoms with van der Waals surface area (Å²) in [6, 6.07) is 14.4. The Labute approximate surface area is 218 Å². The minimum atomic E-state index is -0.104. The van der Waals surface area contributed by atoms with E-state index in [9.17, 15) is 4.79 Å². The van der Waals surface area contributed by atoms with Crippen molar-refractivity contribution >= 4 is 23.0 Å². The van der Waals surface area contributed by atoms with Crippen LogP contribution in [0.1, 0.15) is 50.3 Å². The Hall–Kier alpha value is -3.81. The summed E-state index contributed by atoms with van der Waals surface area (Å²) in [7, 11) is 0. The van der Waals surface area contributed by atoms with Crippen LogP contribution < -0.4 is 10.2 Å². The normalized spacial score (nSPS) is 12.9. The molecule has 0 aliphatic carbocycles. The van der Waals surface area contributed by atoms with Crippen LogP contribution in [-0.4, -0.2) is 36.4 Å². The summed E-state index contributed by atoms with van der Waals surface area (Å²) in [6.45, 7) is 14.8. The van der Waals surface area contributed by atoms with E-state index in [-0.39, 0.29) is 12.3 Å². The highest BCUT2D eigenvalue weighted by Gasteiger charge is 2.20. The number of hydrogen-bond acceptors (Lipinski definition) is 7. The Morgan fingerprint density at radius 2 is 1.73 bits per heavy atom. The first-order chi connectivity index (χ1) is 17.7. The lowest BCUT2D eigenvalue weighted by Gasteiger charge is -2.31. The van der Waals surface area contributed by atoms with Gasteiger partial charge in [-0.05, 0) is 54.2 Å². The van der Waals surface area contributed by atoms with Gasteiger partial charge in [-0.15, -0.1) is 5.10 Å². The molecular weight excluding hydrogens is 464 g/mol. The number of rotatable bonds is 10. The molecule has 0 unspecified atom stereocenters. The lowest BCUT2D eigenvalue weighted by Crippen LogP contribution is -2.32. The molecule has 0 saturated carbocycles. The van der Waals surface area contributed by atoms with Crippen molar-refractivity contribution in [2.24, 2.45) is 27.3 Å². The number of carbonyl (C=O) groups is 1. The maximum absolute atomic E-state index is 13.3. The van der Waals surface area contributed by atoms with Gasteiger partial charge in [0.2, 0.25) is 5.91 Å². The molecular formula is C29H36N6O2. The SMILES string of the molecule is Cc1noc(C)c1CC(=O)Nc1cc(-c2ccccc2C2=NN=NC2)ccc1N(CC(C)C)CC(C)C. The highest BCUT2D eigenvalue weighted by atomic mass is 16.5. The molecule has 1 aliphatic rings. The van der Waals surface area contributed by atoms with Gasteiger partial charge in [-0.2, -0.15) is 5.11 Å². The van der Waals surface area contributed by atoms with Crippen molar-refractivity contribution in [1.82, 2.24) is 5.16 Å². The molecule has 2 heterocycles. The molecule has 3 aromatic rings. The Balaban J connectivity index is 1.75. The summed E-state index contributed by atoms with van der Waals surface area (Å²) in [4.78, 5) is 15.7. The molecule has 4 rings (SSSR count). The van der Waals surface area contributed by atoms with Crippen LogP contribution >= 0.6 is 0 Å². The zero-order valence-electron chi connectivity index (χ0n) is 22.6. The monoisotopic (exact) mass is 500 g/mol. The van der Waals surface area contributed by atoms with Gasteiger partial charge >= 0.3 is 0 Å². The number of benzene rings is 2. The average molecular weight is 501 g/mol. The van der Waals surface area contributed by atoms with Gasteiger partial charge in [0.1, 0.15) is 12.3 Å². The van der Waals surface area contributed by atoms with Crippen molar-refractivity contribution in [1.29, 1.82) is 0 Å². The second kappa shape index (κ2) is 11.5. The highest BCUT2D eigenvalue weighted by Crippen LogP contribution is 2.35. The second-order valence-electron chi connectivity index (χ2n) is 10.4. The molecule has 0 saturated heterocycles. The highest BCUT2D eigenvalue weighted by molar-refractivity contribution is 6.08.